The van der Waals surface area contributed by atoms with Crippen LogP contribution in [0.4, 0.5) is 5.13 Å². The Morgan fingerprint density at radius 3 is 2.61 bits per heavy atom. The summed E-state index contributed by atoms with van der Waals surface area (Å²) >= 11 is 1.63. The molecule has 0 radical (unpaired) electrons. The van der Waals surface area contributed by atoms with Crippen LogP contribution in [-0.2, 0) is 17.8 Å². The predicted molar refractivity (Wildman–Crippen MR) is 74.3 cm³/mol. The van der Waals surface area contributed by atoms with Crippen LogP contribution in [0.2, 0.25) is 0 Å². The first-order chi connectivity index (χ1) is 8.78. The smallest absolute Gasteiger partial charge is 0.185 e. The third-order valence-electron chi connectivity index (χ3n) is 3.36. The Morgan fingerprint density at radius 1 is 1.39 bits per heavy atom. The minimum Gasteiger partial charge on any atom is -0.391 e. The van der Waals surface area contributed by atoms with E-state index in [9.17, 15) is 5.11 Å². The zero-order valence-corrected chi connectivity index (χ0v) is 12.0. The summed E-state index contributed by atoms with van der Waals surface area (Å²) in [5, 5.41) is 10.4. The van der Waals surface area contributed by atoms with E-state index >= 15 is 0 Å². The molecule has 5 heteroatoms. The van der Waals surface area contributed by atoms with E-state index in [0.717, 1.165) is 54.7 Å². The van der Waals surface area contributed by atoms with Gasteiger partial charge in [0.2, 0.25) is 0 Å². The van der Waals surface area contributed by atoms with Gasteiger partial charge in [-0.25, -0.2) is 4.98 Å². The molecule has 1 fully saturated rings. The maximum Gasteiger partial charge on any atom is 0.185 e. The molecule has 102 valence electrons. The molecule has 0 aliphatic carbocycles. The van der Waals surface area contributed by atoms with Gasteiger partial charge in [-0.15, -0.1) is 0 Å². The lowest BCUT2D eigenvalue weighted by Gasteiger charge is -2.31. The molecule has 0 spiro atoms. The molecular formula is C13H22N2O2S. The quantitative estimate of drug-likeness (QED) is 0.891. The van der Waals surface area contributed by atoms with Crippen molar-refractivity contribution in [2.24, 2.45) is 0 Å². The van der Waals surface area contributed by atoms with E-state index in [0.29, 0.717) is 6.10 Å². The lowest BCUT2D eigenvalue weighted by atomic mass is 10.1. The minimum absolute atomic E-state index is 0.107. The summed E-state index contributed by atoms with van der Waals surface area (Å²) in [6.07, 6.45) is 3.45. The SMILES string of the molecule is CCOC1CCN(c2nc(CC)c(CO)s2)CC1. The standard InChI is InChI=1S/C13H22N2O2S/c1-3-11-12(9-16)18-13(14-11)15-7-5-10(6-8-15)17-4-2/h10,16H,3-9H2,1-2H3. The monoisotopic (exact) mass is 270 g/mol. The molecule has 0 amide bonds. The second kappa shape index (κ2) is 6.50. The fourth-order valence-electron chi connectivity index (χ4n) is 2.35. The third kappa shape index (κ3) is 3.02. The van der Waals surface area contributed by atoms with Crippen molar-refractivity contribution in [2.75, 3.05) is 24.6 Å². The summed E-state index contributed by atoms with van der Waals surface area (Å²) in [7, 11) is 0. The number of aliphatic hydroxyl groups excluding tert-OH is 1. The van der Waals surface area contributed by atoms with Crippen molar-refractivity contribution in [3.05, 3.63) is 10.6 Å². The van der Waals surface area contributed by atoms with Gasteiger partial charge in [-0.2, -0.15) is 0 Å². The summed E-state index contributed by atoms with van der Waals surface area (Å²) < 4.78 is 5.65. The fraction of sp³-hybridized carbons (Fsp3) is 0.769. The molecule has 1 aromatic rings. The first-order valence-corrected chi connectivity index (χ1v) is 7.56. The molecule has 1 aromatic heterocycles. The molecule has 1 aliphatic rings. The van der Waals surface area contributed by atoms with Gasteiger partial charge in [-0.3, -0.25) is 0 Å². The highest BCUT2D eigenvalue weighted by atomic mass is 32.1. The number of hydrogen-bond acceptors (Lipinski definition) is 5. The zero-order chi connectivity index (χ0) is 13.0. The van der Waals surface area contributed by atoms with E-state index in [-0.39, 0.29) is 6.61 Å². The zero-order valence-electron chi connectivity index (χ0n) is 11.2. The Bertz CT molecular complexity index is 352. The number of aryl methyl sites for hydroxylation is 1. The van der Waals surface area contributed by atoms with Crippen LogP contribution >= 0.6 is 11.3 Å². The molecule has 0 saturated carbocycles. The Morgan fingerprint density at radius 2 is 2.11 bits per heavy atom. The van der Waals surface area contributed by atoms with Crippen molar-refractivity contribution in [2.45, 2.75) is 45.8 Å². The lowest BCUT2D eigenvalue weighted by Crippen LogP contribution is -2.37. The highest BCUT2D eigenvalue weighted by Crippen LogP contribution is 2.29. The van der Waals surface area contributed by atoms with E-state index in [1.54, 1.807) is 11.3 Å². The summed E-state index contributed by atoms with van der Waals surface area (Å²) in [5.41, 5.74) is 1.05. The number of aromatic nitrogens is 1. The van der Waals surface area contributed by atoms with Crippen LogP contribution in [0.15, 0.2) is 0 Å². The van der Waals surface area contributed by atoms with Gasteiger partial charge in [-0.1, -0.05) is 18.3 Å². The van der Waals surface area contributed by atoms with E-state index in [4.69, 9.17) is 4.74 Å². The molecule has 0 unspecified atom stereocenters. The lowest BCUT2D eigenvalue weighted by molar-refractivity contribution is 0.0459. The van der Waals surface area contributed by atoms with Gasteiger partial charge in [-0.05, 0) is 26.2 Å². The second-order valence-corrected chi connectivity index (χ2v) is 5.58. The average Bonchev–Trinajstić information content (AvgIpc) is 2.83. The van der Waals surface area contributed by atoms with E-state index < -0.39 is 0 Å². The average molecular weight is 270 g/mol. The maximum atomic E-state index is 9.31. The topological polar surface area (TPSA) is 45.6 Å². The van der Waals surface area contributed by atoms with Crippen LogP contribution in [0.1, 0.15) is 37.3 Å². The predicted octanol–water partition coefficient (Wildman–Crippen LogP) is 2.20. The van der Waals surface area contributed by atoms with E-state index in [2.05, 4.69) is 16.8 Å². The van der Waals surface area contributed by atoms with Gasteiger partial charge in [0.1, 0.15) is 0 Å². The number of nitrogens with zero attached hydrogens (tertiary/aromatic N) is 2. The molecule has 0 atom stereocenters. The highest BCUT2D eigenvalue weighted by Gasteiger charge is 2.22. The summed E-state index contributed by atoms with van der Waals surface area (Å²) in [6.45, 7) is 7.05. The van der Waals surface area contributed by atoms with Crippen molar-refractivity contribution in [1.29, 1.82) is 0 Å². The molecule has 1 N–H and O–H groups in total. The molecule has 18 heavy (non-hydrogen) atoms. The van der Waals surface area contributed by atoms with Gasteiger partial charge >= 0.3 is 0 Å². The molecule has 1 saturated heterocycles. The molecule has 4 nitrogen and oxygen atoms in total. The highest BCUT2D eigenvalue weighted by molar-refractivity contribution is 7.15. The molecule has 2 rings (SSSR count). The Balaban J connectivity index is 1.98. The van der Waals surface area contributed by atoms with Gasteiger partial charge in [0, 0.05) is 19.7 Å². The molecule has 0 aromatic carbocycles. The normalized spacial score (nSPS) is 17.4. The van der Waals surface area contributed by atoms with Crippen LogP contribution in [0.5, 0.6) is 0 Å². The number of hydrogen-bond donors (Lipinski definition) is 1. The van der Waals surface area contributed by atoms with Crippen LogP contribution in [-0.4, -0.2) is 35.9 Å². The molecule has 2 heterocycles. The number of rotatable bonds is 5. The van der Waals surface area contributed by atoms with Crippen LogP contribution < -0.4 is 4.90 Å². The van der Waals surface area contributed by atoms with Gasteiger partial charge in [0.25, 0.3) is 0 Å². The third-order valence-corrected chi connectivity index (χ3v) is 4.50. The maximum absolute atomic E-state index is 9.31. The van der Waals surface area contributed by atoms with Crippen LogP contribution in [0.25, 0.3) is 0 Å². The number of ether oxygens (including phenoxy) is 1. The summed E-state index contributed by atoms with van der Waals surface area (Å²) in [6, 6.07) is 0. The van der Waals surface area contributed by atoms with Crippen molar-refractivity contribution < 1.29 is 9.84 Å². The molecule has 1 aliphatic heterocycles. The van der Waals surface area contributed by atoms with Gasteiger partial charge in [0.05, 0.1) is 23.3 Å². The number of thiazole rings is 1. The molecular weight excluding hydrogens is 248 g/mol. The Kier molecular flexibility index (Phi) is 4.97. The number of aliphatic hydroxyl groups is 1. The van der Waals surface area contributed by atoms with Crippen LogP contribution in [0.3, 0.4) is 0 Å². The van der Waals surface area contributed by atoms with Gasteiger partial charge in [0.15, 0.2) is 5.13 Å². The fourth-order valence-corrected chi connectivity index (χ4v) is 3.41. The number of anilines is 1. The Hall–Kier alpha value is -0.650. The Labute approximate surface area is 113 Å². The van der Waals surface area contributed by atoms with Crippen LogP contribution in [0, 0.1) is 0 Å². The largest absolute Gasteiger partial charge is 0.391 e. The number of piperidine rings is 1. The summed E-state index contributed by atoms with van der Waals surface area (Å²) in [5.74, 6) is 0. The van der Waals surface area contributed by atoms with Crippen molar-refractivity contribution in [3.8, 4) is 0 Å². The summed E-state index contributed by atoms with van der Waals surface area (Å²) in [4.78, 5) is 7.97. The first-order valence-electron chi connectivity index (χ1n) is 6.74. The van der Waals surface area contributed by atoms with Crippen molar-refractivity contribution >= 4 is 16.5 Å². The first kappa shape index (κ1) is 13.8. The van der Waals surface area contributed by atoms with Gasteiger partial charge < -0.3 is 14.7 Å². The van der Waals surface area contributed by atoms with Crippen molar-refractivity contribution in [3.63, 3.8) is 0 Å². The van der Waals surface area contributed by atoms with E-state index in [1.807, 2.05) is 6.92 Å². The molecule has 0 bridgehead atoms. The van der Waals surface area contributed by atoms with Crippen molar-refractivity contribution in [1.82, 2.24) is 4.98 Å². The second-order valence-electron chi connectivity index (χ2n) is 4.52. The minimum atomic E-state index is 0.107. The van der Waals surface area contributed by atoms with E-state index in [1.165, 1.54) is 0 Å².